The summed E-state index contributed by atoms with van der Waals surface area (Å²) in [5, 5.41) is 0. The van der Waals surface area contributed by atoms with Crippen LogP contribution in [0.15, 0.2) is 60.8 Å². The fourth-order valence-corrected chi connectivity index (χ4v) is 2.96. The van der Waals surface area contributed by atoms with Crippen molar-refractivity contribution < 1.29 is 18.0 Å². The zero-order valence-electron chi connectivity index (χ0n) is 14.3. The van der Waals surface area contributed by atoms with E-state index in [2.05, 4.69) is 4.98 Å². The summed E-state index contributed by atoms with van der Waals surface area (Å²) in [5.41, 5.74) is 0.971. The van der Waals surface area contributed by atoms with Crippen molar-refractivity contribution in [3.8, 4) is 5.69 Å². The molecule has 0 aliphatic carbocycles. The molecule has 140 valence electrons. The third kappa shape index (κ3) is 4.11. The number of rotatable bonds is 4. The van der Waals surface area contributed by atoms with Gasteiger partial charge in [0.15, 0.2) is 4.77 Å². The third-order valence-corrected chi connectivity index (χ3v) is 4.36. The highest BCUT2D eigenvalue weighted by Crippen LogP contribution is 2.29. The first-order chi connectivity index (χ1) is 12.8. The van der Waals surface area contributed by atoms with Crippen LogP contribution < -0.4 is 0 Å². The Morgan fingerprint density at radius 3 is 2.33 bits per heavy atom. The first-order valence-corrected chi connectivity index (χ1v) is 8.45. The molecule has 0 spiro atoms. The largest absolute Gasteiger partial charge is 0.416 e. The van der Waals surface area contributed by atoms with Crippen LogP contribution in [0.3, 0.4) is 0 Å². The molecule has 0 saturated heterocycles. The zero-order chi connectivity index (χ0) is 19.6. The monoisotopic (exact) mass is 391 g/mol. The van der Waals surface area contributed by atoms with Gasteiger partial charge in [-0.3, -0.25) is 9.36 Å². The van der Waals surface area contributed by atoms with E-state index in [1.807, 2.05) is 30.3 Å². The van der Waals surface area contributed by atoms with Gasteiger partial charge in [-0.1, -0.05) is 30.3 Å². The topological polar surface area (TPSA) is 41.0 Å². The number of halogens is 3. The second-order valence-electron chi connectivity index (χ2n) is 6.01. The smallest absolute Gasteiger partial charge is 0.336 e. The van der Waals surface area contributed by atoms with Crippen LogP contribution in [0.5, 0.6) is 0 Å². The summed E-state index contributed by atoms with van der Waals surface area (Å²) in [6.07, 6.45) is -2.85. The Bertz CT molecular complexity index is 992. The van der Waals surface area contributed by atoms with Crippen LogP contribution in [-0.2, 0) is 12.7 Å². The molecule has 0 atom stereocenters. The normalized spacial score (nSPS) is 11.4. The summed E-state index contributed by atoms with van der Waals surface area (Å²) in [5.74, 6) is -0.300. The van der Waals surface area contributed by atoms with Crippen LogP contribution in [0.4, 0.5) is 13.2 Å². The minimum Gasteiger partial charge on any atom is -0.336 e. The molecule has 27 heavy (non-hydrogen) atoms. The first-order valence-electron chi connectivity index (χ1n) is 8.05. The van der Waals surface area contributed by atoms with Gasteiger partial charge < -0.3 is 9.88 Å². The Morgan fingerprint density at radius 2 is 1.74 bits per heavy atom. The summed E-state index contributed by atoms with van der Waals surface area (Å²) < 4.78 is 40.0. The molecule has 1 amide bonds. The number of carbonyl (C=O) groups is 1. The Morgan fingerprint density at radius 1 is 1.11 bits per heavy atom. The maximum atomic E-state index is 12.8. The lowest BCUT2D eigenvalue weighted by atomic mass is 10.1. The van der Waals surface area contributed by atoms with E-state index in [0.29, 0.717) is 16.0 Å². The summed E-state index contributed by atoms with van der Waals surface area (Å²) >= 11 is 5.27. The average molecular weight is 391 g/mol. The lowest BCUT2D eigenvalue weighted by Gasteiger charge is -2.18. The molecule has 1 N–H and O–H groups in total. The van der Waals surface area contributed by atoms with Gasteiger partial charge in [0.1, 0.15) is 5.69 Å². The summed E-state index contributed by atoms with van der Waals surface area (Å²) in [6.45, 7) is 0.170. The van der Waals surface area contributed by atoms with Crippen molar-refractivity contribution in [2.24, 2.45) is 0 Å². The number of nitrogens with one attached hydrogen (secondary N) is 1. The molecule has 0 bridgehead atoms. The Kier molecular flexibility index (Phi) is 5.18. The number of benzene rings is 2. The lowest BCUT2D eigenvalue weighted by Crippen LogP contribution is -2.28. The SMILES string of the molecule is CN(Cc1ccc(C(F)(F)F)cc1)C(=O)c1c[nH]c(=S)n1-c1ccccc1. The molecule has 1 aromatic heterocycles. The molecule has 3 aromatic rings. The van der Waals surface area contributed by atoms with Crippen LogP contribution in [0.1, 0.15) is 21.6 Å². The maximum Gasteiger partial charge on any atom is 0.416 e. The third-order valence-electron chi connectivity index (χ3n) is 4.06. The van der Waals surface area contributed by atoms with Gasteiger partial charge in [-0.2, -0.15) is 13.2 Å². The van der Waals surface area contributed by atoms with Crippen LogP contribution in [-0.4, -0.2) is 27.4 Å². The first kappa shape index (κ1) is 18.9. The Balaban J connectivity index is 1.82. The second kappa shape index (κ2) is 7.40. The zero-order valence-corrected chi connectivity index (χ0v) is 15.1. The Labute approximate surface area is 158 Å². The van der Waals surface area contributed by atoms with Gasteiger partial charge in [0, 0.05) is 25.5 Å². The molecule has 0 radical (unpaired) electrons. The summed E-state index contributed by atoms with van der Waals surface area (Å²) in [7, 11) is 1.59. The number of H-pyrrole nitrogens is 1. The van der Waals surface area contributed by atoms with Gasteiger partial charge in [-0.25, -0.2) is 0 Å². The van der Waals surface area contributed by atoms with Crippen molar-refractivity contribution in [1.29, 1.82) is 0 Å². The molecule has 4 nitrogen and oxygen atoms in total. The van der Waals surface area contributed by atoms with E-state index in [9.17, 15) is 18.0 Å². The van der Waals surface area contributed by atoms with Crippen LogP contribution in [0, 0.1) is 4.77 Å². The van der Waals surface area contributed by atoms with E-state index < -0.39 is 11.7 Å². The fourth-order valence-electron chi connectivity index (χ4n) is 2.70. The molecule has 0 unspecified atom stereocenters. The van der Waals surface area contributed by atoms with Gasteiger partial charge in [0.05, 0.1) is 5.56 Å². The van der Waals surface area contributed by atoms with Crippen molar-refractivity contribution in [3.05, 3.63) is 82.4 Å². The summed E-state index contributed by atoms with van der Waals surface area (Å²) in [4.78, 5) is 17.1. The van der Waals surface area contributed by atoms with Gasteiger partial charge in [-0.15, -0.1) is 0 Å². The number of amides is 1. The number of carbonyl (C=O) groups excluding carboxylic acids is 1. The van der Waals surface area contributed by atoms with E-state index in [-0.39, 0.29) is 12.5 Å². The number of nitrogens with zero attached hydrogens (tertiary/aromatic N) is 2. The van der Waals surface area contributed by atoms with Crippen LogP contribution in [0.2, 0.25) is 0 Å². The average Bonchev–Trinajstić information content (AvgIpc) is 3.03. The molecule has 2 aromatic carbocycles. The van der Waals surface area contributed by atoms with Gasteiger partial charge >= 0.3 is 6.18 Å². The minimum absolute atomic E-state index is 0.170. The minimum atomic E-state index is -4.38. The predicted molar refractivity (Wildman–Crippen MR) is 98.2 cm³/mol. The number of imidazole rings is 1. The molecule has 1 heterocycles. The van der Waals surface area contributed by atoms with Crippen molar-refractivity contribution in [1.82, 2.24) is 14.5 Å². The number of hydrogen-bond acceptors (Lipinski definition) is 2. The quantitative estimate of drug-likeness (QED) is 0.648. The highest BCUT2D eigenvalue weighted by atomic mass is 32.1. The summed E-state index contributed by atoms with van der Waals surface area (Å²) in [6, 6.07) is 13.9. The number of para-hydroxylation sites is 1. The number of alkyl halides is 3. The van der Waals surface area contributed by atoms with E-state index in [0.717, 1.165) is 17.8 Å². The molecular formula is C19H16F3N3OS. The van der Waals surface area contributed by atoms with E-state index >= 15 is 0 Å². The van der Waals surface area contributed by atoms with Crippen LogP contribution in [0.25, 0.3) is 5.69 Å². The standard InChI is InChI=1S/C19H16F3N3OS/c1-24(12-13-7-9-14(10-8-13)19(20,21)22)17(26)16-11-23-18(27)25(16)15-5-3-2-4-6-15/h2-11H,12H2,1H3,(H,23,27). The number of hydrogen-bond donors (Lipinski definition) is 1. The van der Waals surface area contributed by atoms with Crippen molar-refractivity contribution in [3.63, 3.8) is 0 Å². The maximum absolute atomic E-state index is 12.8. The number of aromatic amines is 1. The molecule has 0 aliphatic heterocycles. The lowest BCUT2D eigenvalue weighted by molar-refractivity contribution is -0.137. The van der Waals surface area contributed by atoms with Crippen molar-refractivity contribution in [2.75, 3.05) is 7.05 Å². The van der Waals surface area contributed by atoms with Crippen molar-refractivity contribution in [2.45, 2.75) is 12.7 Å². The molecule has 0 aliphatic rings. The second-order valence-corrected chi connectivity index (χ2v) is 6.39. The molecule has 3 rings (SSSR count). The van der Waals surface area contributed by atoms with Crippen molar-refractivity contribution >= 4 is 18.1 Å². The molecule has 0 fully saturated rings. The highest BCUT2D eigenvalue weighted by molar-refractivity contribution is 7.71. The van der Waals surface area contributed by atoms with Crippen LogP contribution >= 0.6 is 12.2 Å². The van der Waals surface area contributed by atoms with E-state index in [1.165, 1.54) is 23.2 Å². The highest BCUT2D eigenvalue weighted by Gasteiger charge is 2.30. The van der Waals surface area contributed by atoms with Gasteiger partial charge in [0.25, 0.3) is 5.91 Å². The fraction of sp³-hybridized carbons (Fsp3) is 0.158. The predicted octanol–water partition coefficient (Wildman–Crippen LogP) is 4.83. The molecular weight excluding hydrogens is 375 g/mol. The van der Waals surface area contributed by atoms with E-state index in [4.69, 9.17) is 12.2 Å². The molecule has 0 saturated carbocycles. The van der Waals surface area contributed by atoms with Gasteiger partial charge in [0.2, 0.25) is 0 Å². The molecule has 8 heteroatoms. The van der Waals surface area contributed by atoms with E-state index in [1.54, 1.807) is 11.6 Å². The van der Waals surface area contributed by atoms with Gasteiger partial charge in [-0.05, 0) is 42.0 Å². The Hall–Kier alpha value is -2.87. The number of aromatic nitrogens is 2.